The van der Waals surface area contributed by atoms with Crippen molar-refractivity contribution >= 4 is 21.6 Å². The van der Waals surface area contributed by atoms with E-state index < -0.39 is 21.9 Å². The predicted molar refractivity (Wildman–Crippen MR) is 131 cm³/mol. The molecule has 4 rings (SSSR count). The van der Waals surface area contributed by atoms with Crippen LogP contribution >= 0.6 is 0 Å². The summed E-state index contributed by atoms with van der Waals surface area (Å²) in [4.78, 5) is 14.6. The van der Waals surface area contributed by atoms with Crippen molar-refractivity contribution in [2.45, 2.75) is 17.9 Å². The molecule has 0 unspecified atom stereocenters. The third-order valence-corrected chi connectivity index (χ3v) is 8.15. The molecule has 35 heavy (non-hydrogen) atoms. The Kier molecular flexibility index (Phi) is 7.49. The number of quaternary nitrogens is 1. The van der Waals surface area contributed by atoms with E-state index in [0.29, 0.717) is 24.5 Å². The number of methoxy groups -OCH3 is 1. The summed E-state index contributed by atoms with van der Waals surface area (Å²) >= 11 is 0. The van der Waals surface area contributed by atoms with E-state index in [1.165, 1.54) is 16.4 Å². The summed E-state index contributed by atoms with van der Waals surface area (Å²) in [5.74, 6) is -0.105. The Morgan fingerprint density at radius 2 is 1.69 bits per heavy atom. The van der Waals surface area contributed by atoms with Crippen LogP contribution in [0.15, 0.2) is 77.7 Å². The van der Waals surface area contributed by atoms with E-state index in [0.717, 1.165) is 28.2 Å². The van der Waals surface area contributed by atoms with Crippen molar-refractivity contribution in [1.29, 1.82) is 0 Å². The van der Waals surface area contributed by atoms with Gasteiger partial charge in [0.2, 0.25) is 10.0 Å². The molecule has 7 nitrogen and oxygen atoms in total. The van der Waals surface area contributed by atoms with Crippen LogP contribution in [0.2, 0.25) is 0 Å². The Morgan fingerprint density at radius 3 is 2.31 bits per heavy atom. The second kappa shape index (κ2) is 10.6. The van der Waals surface area contributed by atoms with E-state index in [9.17, 15) is 17.6 Å². The molecule has 0 bridgehead atoms. The maximum Gasteiger partial charge on any atom is 0.287 e. The number of piperazine rings is 1. The average Bonchev–Trinajstić information content (AvgIpc) is 2.86. The first kappa shape index (κ1) is 24.8. The van der Waals surface area contributed by atoms with Crippen molar-refractivity contribution in [3.8, 4) is 5.75 Å². The molecule has 0 aliphatic carbocycles. The molecule has 0 spiro atoms. The lowest BCUT2D eigenvalue weighted by molar-refractivity contribution is -0.925. The van der Waals surface area contributed by atoms with E-state index >= 15 is 0 Å². The zero-order chi connectivity index (χ0) is 25.0. The number of ether oxygens (including phenoxy) is 1. The van der Waals surface area contributed by atoms with Crippen molar-refractivity contribution in [3.05, 3.63) is 89.7 Å². The highest BCUT2D eigenvalue weighted by Crippen LogP contribution is 2.26. The van der Waals surface area contributed by atoms with Crippen molar-refractivity contribution in [2.75, 3.05) is 38.6 Å². The largest absolute Gasteiger partial charge is 0.495 e. The van der Waals surface area contributed by atoms with Crippen molar-refractivity contribution in [3.63, 3.8) is 0 Å². The second-order valence-electron chi connectivity index (χ2n) is 8.55. The quantitative estimate of drug-likeness (QED) is 0.525. The molecule has 1 amide bonds. The summed E-state index contributed by atoms with van der Waals surface area (Å²) in [6.45, 7) is 3.32. The number of carbonyl (C=O) groups excluding carboxylic acids is 1. The number of benzene rings is 3. The molecule has 1 heterocycles. The Bertz CT molecular complexity index is 1280. The van der Waals surface area contributed by atoms with Gasteiger partial charge in [-0.25, -0.2) is 12.8 Å². The molecule has 1 atom stereocenters. The van der Waals surface area contributed by atoms with Gasteiger partial charge in [0.15, 0.2) is 6.04 Å². The summed E-state index contributed by atoms with van der Waals surface area (Å²) in [6.07, 6.45) is 0. The summed E-state index contributed by atoms with van der Waals surface area (Å²) < 4.78 is 46.1. The summed E-state index contributed by atoms with van der Waals surface area (Å²) in [5, 5.41) is 3.02. The Labute approximate surface area is 205 Å². The number of nitrogens with zero attached hydrogens (tertiary/aromatic N) is 1. The molecule has 0 radical (unpaired) electrons. The first-order valence-electron chi connectivity index (χ1n) is 11.4. The number of amides is 1. The summed E-state index contributed by atoms with van der Waals surface area (Å²) in [6, 6.07) is 19.4. The van der Waals surface area contributed by atoms with Gasteiger partial charge in [-0.15, -0.1) is 0 Å². The van der Waals surface area contributed by atoms with Crippen LogP contribution in [0, 0.1) is 12.7 Å². The van der Waals surface area contributed by atoms with Crippen LogP contribution in [-0.4, -0.2) is 51.9 Å². The number of carbonyl (C=O) groups is 1. The number of nitrogens with one attached hydrogen (secondary N) is 2. The lowest BCUT2D eigenvalue weighted by atomic mass is 10.0. The van der Waals surface area contributed by atoms with Gasteiger partial charge in [0.25, 0.3) is 5.91 Å². The van der Waals surface area contributed by atoms with Crippen LogP contribution in [0.25, 0.3) is 0 Å². The lowest BCUT2D eigenvalue weighted by Crippen LogP contribution is -3.16. The molecule has 0 aromatic heterocycles. The van der Waals surface area contributed by atoms with Gasteiger partial charge in [-0.1, -0.05) is 36.4 Å². The van der Waals surface area contributed by atoms with Crippen molar-refractivity contribution < 1.29 is 27.2 Å². The topological polar surface area (TPSA) is 80.2 Å². The number of halogens is 1. The highest BCUT2D eigenvalue weighted by molar-refractivity contribution is 7.89. The van der Waals surface area contributed by atoms with Gasteiger partial charge in [-0.2, -0.15) is 4.31 Å². The van der Waals surface area contributed by atoms with Crippen molar-refractivity contribution in [2.24, 2.45) is 0 Å². The number of sulfonamides is 1. The summed E-state index contributed by atoms with van der Waals surface area (Å²) in [5.41, 5.74) is 2.43. The number of rotatable bonds is 7. The van der Waals surface area contributed by atoms with Crippen LogP contribution in [-0.2, 0) is 14.8 Å². The number of aryl methyl sites for hydroxylation is 1. The predicted octanol–water partition coefficient (Wildman–Crippen LogP) is 2.41. The van der Waals surface area contributed by atoms with E-state index in [4.69, 9.17) is 4.74 Å². The smallest absolute Gasteiger partial charge is 0.287 e. The van der Waals surface area contributed by atoms with E-state index in [-0.39, 0.29) is 23.9 Å². The van der Waals surface area contributed by atoms with E-state index in [2.05, 4.69) is 5.32 Å². The van der Waals surface area contributed by atoms with Gasteiger partial charge < -0.3 is 15.0 Å². The Morgan fingerprint density at radius 1 is 1.03 bits per heavy atom. The monoisotopic (exact) mass is 498 g/mol. The highest BCUT2D eigenvalue weighted by atomic mass is 32.2. The van der Waals surface area contributed by atoms with Gasteiger partial charge in [-0.05, 0) is 48.9 Å². The minimum Gasteiger partial charge on any atom is -0.495 e. The number of hydrogen-bond acceptors (Lipinski definition) is 4. The van der Waals surface area contributed by atoms with Gasteiger partial charge in [0.1, 0.15) is 11.6 Å². The van der Waals surface area contributed by atoms with Gasteiger partial charge in [-0.3, -0.25) is 4.79 Å². The Balaban J connectivity index is 1.55. The van der Waals surface area contributed by atoms with Crippen LogP contribution in [0.4, 0.5) is 10.1 Å². The molecular formula is C26H29FN3O4S+. The van der Waals surface area contributed by atoms with Crippen LogP contribution in [0.3, 0.4) is 0 Å². The first-order chi connectivity index (χ1) is 16.8. The number of hydrogen-bond donors (Lipinski definition) is 2. The SMILES string of the molecule is COc1ccc(C)cc1NC(=O)[C@H](c1ccccc1)[NH+]1CCN(S(=O)(=O)c2ccc(F)cc2)CC1. The molecule has 9 heteroatoms. The fraction of sp³-hybridized carbons (Fsp3) is 0.269. The molecule has 184 valence electrons. The fourth-order valence-corrected chi connectivity index (χ4v) is 5.84. The standard InChI is InChI=1S/C26H28FN3O4S/c1-19-8-13-24(34-2)23(18-19)28-26(31)25(20-6-4-3-5-7-20)29-14-16-30(17-15-29)35(32,33)22-11-9-21(27)10-12-22/h3-13,18,25H,14-17H2,1-2H3,(H,28,31)/p+1/t25-/m0/s1. The van der Waals surface area contributed by atoms with Crippen LogP contribution in [0.1, 0.15) is 17.2 Å². The Hall–Kier alpha value is -3.27. The summed E-state index contributed by atoms with van der Waals surface area (Å²) in [7, 11) is -2.18. The third-order valence-electron chi connectivity index (χ3n) is 6.23. The van der Waals surface area contributed by atoms with Gasteiger partial charge >= 0.3 is 0 Å². The van der Waals surface area contributed by atoms with E-state index in [1.807, 2.05) is 55.5 Å². The molecule has 0 saturated carbocycles. The highest BCUT2D eigenvalue weighted by Gasteiger charge is 2.37. The second-order valence-corrected chi connectivity index (χ2v) is 10.5. The number of anilines is 1. The molecule has 3 aromatic carbocycles. The van der Waals surface area contributed by atoms with Crippen LogP contribution < -0.4 is 15.0 Å². The van der Waals surface area contributed by atoms with E-state index in [1.54, 1.807) is 7.11 Å². The minimum absolute atomic E-state index is 0.0613. The zero-order valence-electron chi connectivity index (χ0n) is 19.7. The molecule has 1 aliphatic heterocycles. The lowest BCUT2D eigenvalue weighted by Gasteiger charge is -2.35. The molecule has 2 N–H and O–H groups in total. The molecule has 3 aromatic rings. The maximum atomic E-state index is 13.6. The molecular weight excluding hydrogens is 469 g/mol. The fourth-order valence-electron chi connectivity index (χ4n) is 4.40. The van der Waals surface area contributed by atoms with Gasteiger partial charge in [0, 0.05) is 5.56 Å². The maximum absolute atomic E-state index is 13.6. The third kappa shape index (κ3) is 5.53. The average molecular weight is 499 g/mol. The van der Waals surface area contributed by atoms with Crippen LogP contribution in [0.5, 0.6) is 5.75 Å². The zero-order valence-corrected chi connectivity index (χ0v) is 20.5. The minimum atomic E-state index is -3.74. The normalized spacial score (nSPS) is 16.0. The molecule has 1 fully saturated rings. The van der Waals surface area contributed by atoms with Crippen molar-refractivity contribution in [1.82, 2.24) is 4.31 Å². The van der Waals surface area contributed by atoms with Gasteiger partial charge in [0.05, 0.1) is 43.9 Å². The first-order valence-corrected chi connectivity index (χ1v) is 12.8. The molecule has 1 aliphatic rings. The molecule has 1 saturated heterocycles.